The summed E-state index contributed by atoms with van der Waals surface area (Å²) >= 11 is 0. The van der Waals surface area contributed by atoms with Crippen molar-refractivity contribution in [3.63, 3.8) is 0 Å². The number of rotatable bonds is 6. The Morgan fingerprint density at radius 3 is 2.45 bits per heavy atom. The Morgan fingerprint density at radius 2 is 1.79 bits per heavy atom. The third-order valence-corrected chi connectivity index (χ3v) is 4.67. The Bertz CT molecular complexity index is 1360. The fourth-order valence-electron chi connectivity index (χ4n) is 3.18. The van der Waals surface area contributed by atoms with Crippen molar-refractivity contribution in [3.8, 4) is 11.4 Å². The van der Waals surface area contributed by atoms with Crippen molar-refractivity contribution in [1.29, 1.82) is 5.41 Å². The van der Waals surface area contributed by atoms with Crippen LogP contribution < -0.4 is 10.7 Å². The number of aromatic nitrogens is 4. The largest absolute Gasteiger partial charge is 0.418 e. The van der Waals surface area contributed by atoms with Gasteiger partial charge in [0.15, 0.2) is 5.69 Å². The van der Waals surface area contributed by atoms with Crippen LogP contribution in [0.1, 0.15) is 11.3 Å². The summed E-state index contributed by atoms with van der Waals surface area (Å²) in [5, 5.41) is 18.5. The molecule has 166 valence electrons. The smallest absolute Gasteiger partial charge is 0.354 e. The van der Waals surface area contributed by atoms with Gasteiger partial charge in [0.2, 0.25) is 5.43 Å². The highest BCUT2D eigenvalue weighted by molar-refractivity contribution is 5.86. The first kappa shape index (κ1) is 21.8. The molecule has 0 aliphatic heterocycles. The minimum atomic E-state index is -4.68. The molecular weight excluding hydrogens is 433 g/mol. The van der Waals surface area contributed by atoms with Gasteiger partial charge in [0.1, 0.15) is 0 Å². The molecule has 0 unspecified atom stereocenters. The van der Waals surface area contributed by atoms with E-state index in [0.717, 1.165) is 23.0 Å². The zero-order valence-electron chi connectivity index (χ0n) is 17.0. The summed E-state index contributed by atoms with van der Waals surface area (Å²) in [6.45, 7) is 0. The van der Waals surface area contributed by atoms with Crippen LogP contribution in [0.3, 0.4) is 0 Å². The summed E-state index contributed by atoms with van der Waals surface area (Å²) in [7, 11) is 0. The van der Waals surface area contributed by atoms with Crippen molar-refractivity contribution < 1.29 is 13.2 Å². The standard InChI is InChI=1S/C23H17F3N6O/c24-23(25,26)18-15-17(31-13-4-12-28-31)7-8-20(18)32-14-10-21(33)22(30-32)19(9-11-27)29-16-5-2-1-3-6-16/h1-15,27,29H/b19-9-,27-11?. The van der Waals surface area contributed by atoms with Gasteiger partial charge in [-0.1, -0.05) is 18.2 Å². The van der Waals surface area contributed by atoms with Gasteiger partial charge in [-0.15, -0.1) is 0 Å². The predicted octanol–water partition coefficient (Wildman–Crippen LogP) is 4.54. The van der Waals surface area contributed by atoms with E-state index in [-0.39, 0.29) is 22.8 Å². The number of alkyl halides is 3. The predicted molar refractivity (Wildman–Crippen MR) is 119 cm³/mol. The maximum atomic E-state index is 13.9. The van der Waals surface area contributed by atoms with E-state index in [0.29, 0.717) is 5.69 Å². The van der Waals surface area contributed by atoms with Crippen LogP contribution in [0.25, 0.3) is 17.1 Å². The molecule has 0 bridgehead atoms. The van der Waals surface area contributed by atoms with Crippen LogP contribution >= 0.6 is 0 Å². The van der Waals surface area contributed by atoms with Crippen molar-refractivity contribution in [3.05, 3.63) is 107 Å². The molecule has 0 radical (unpaired) electrons. The van der Waals surface area contributed by atoms with Gasteiger partial charge in [0.05, 0.1) is 22.6 Å². The van der Waals surface area contributed by atoms with E-state index < -0.39 is 17.2 Å². The SMILES string of the molecule is N=C/C=C(\Nc1ccccc1)c1nn(-c2ccc(-n3cccn3)cc2C(F)(F)F)ccc1=O. The molecule has 4 rings (SSSR count). The quantitative estimate of drug-likeness (QED) is 0.422. The van der Waals surface area contributed by atoms with Crippen LogP contribution in [0, 0.1) is 5.41 Å². The highest BCUT2D eigenvalue weighted by atomic mass is 19.4. The molecule has 0 spiro atoms. The van der Waals surface area contributed by atoms with Gasteiger partial charge in [-0.3, -0.25) is 4.79 Å². The summed E-state index contributed by atoms with van der Waals surface area (Å²) < 4.78 is 44.1. The third-order valence-electron chi connectivity index (χ3n) is 4.67. The van der Waals surface area contributed by atoms with Crippen LogP contribution in [0.2, 0.25) is 0 Å². The van der Waals surface area contributed by atoms with E-state index in [4.69, 9.17) is 5.41 Å². The normalized spacial score (nSPS) is 11.9. The highest BCUT2D eigenvalue weighted by Crippen LogP contribution is 2.35. The molecule has 0 aliphatic rings. The van der Waals surface area contributed by atoms with Crippen molar-refractivity contribution in [2.45, 2.75) is 6.18 Å². The average Bonchev–Trinajstić information content (AvgIpc) is 3.34. The summed E-state index contributed by atoms with van der Waals surface area (Å²) in [6, 6.07) is 15.3. The van der Waals surface area contributed by atoms with E-state index >= 15 is 0 Å². The first-order chi connectivity index (χ1) is 15.9. The van der Waals surface area contributed by atoms with Crippen molar-refractivity contribution >= 4 is 17.6 Å². The van der Waals surface area contributed by atoms with Crippen molar-refractivity contribution in [2.75, 3.05) is 5.32 Å². The van der Waals surface area contributed by atoms with Gasteiger partial charge in [-0.25, -0.2) is 9.36 Å². The fourth-order valence-corrected chi connectivity index (χ4v) is 3.18. The number of hydrogen-bond acceptors (Lipinski definition) is 5. The molecule has 2 heterocycles. The molecule has 0 atom stereocenters. The summed E-state index contributed by atoms with van der Waals surface area (Å²) in [6.07, 6.45) is 1.77. The van der Waals surface area contributed by atoms with E-state index in [1.165, 1.54) is 41.5 Å². The first-order valence-corrected chi connectivity index (χ1v) is 9.71. The average molecular weight is 450 g/mol. The number of nitrogens with one attached hydrogen (secondary N) is 2. The Hall–Kier alpha value is -4.47. The third kappa shape index (κ3) is 4.74. The molecule has 0 saturated carbocycles. The summed E-state index contributed by atoms with van der Waals surface area (Å²) in [5.74, 6) is 0. The lowest BCUT2D eigenvalue weighted by Gasteiger charge is -2.17. The Balaban J connectivity index is 1.82. The number of allylic oxidation sites excluding steroid dienone is 1. The van der Waals surface area contributed by atoms with Crippen LogP contribution in [0.5, 0.6) is 0 Å². The molecule has 0 aliphatic carbocycles. The van der Waals surface area contributed by atoms with E-state index in [1.807, 2.05) is 6.07 Å². The second-order valence-electron chi connectivity index (χ2n) is 6.86. The fraction of sp³-hybridized carbons (Fsp3) is 0.0435. The maximum Gasteiger partial charge on any atom is 0.418 e. The number of hydrogen-bond donors (Lipinski definition) is 2. The zero-order chi connectivity index (χ0) is 23.4. The monoisotopic (exact) mass is 450 g/mol. The summed E-state index contributed by atoms with van der Waals surface area (Å²) in [5.41, 5.74) is -0.801. The van der Waals surface area contributed by atoms with Gasteiger partial charge in [-0.2, -0.15) is 23.4 Å². The minimum absolute atomic E-state index is 0.130. The van der Waals surface area contributed by atoms with Crippen LogP contribution in [-0.2, 0) is 6.18 Å². The molecule has 7 nitrogen and oxygen atoms in total. The molecular formula is C23H17F3N6O. The van der Waals surface area contributed by atoms with Gasteiger partial charge in [0, 0.05) is 36.6 Å². The van der Waals surface area contributed by atoms with Gasteiger partial charge < -0.3 is 10.7 Å². The minimum Gasteiger partial charge on any atom is -0.354 e. The second-order valence-corrected chi connectivity index (χ2v) is 6.86. The maximum absolute atomic E-state index is 13.9. The van der Waals surface area contributed by atoms with Crippen molar-refractivity contribution in [2.24, 2.45) is 0 Å². The van der Waals surface area contributed by atoms with Crippen LogP contribution in [0.4, 0.5) is 18.9 Å². The molecule has 2 N–H and O–H groups in total. The number of nitrogens with zero attached hydrogens (tertiary/aromatic N) is 4. The Morgan fingerprint density at radius 1 is 1.00 bits per heavy atom. The molecule has 33 heavy (non-hydrogen) atoms. The number of anilines is 1. The Labute approximate surface area is 185 Å². The lowest BCUT2D eigenvalue weighted by molar-refractivity contribution is -0.137. The highest BCUT2D eigenvalue weighted by Gasteiger charge is 2.35. The Kier molecular flexibility index (Phi) is 5.90. The number of benzene rings is 2. The molecule has 0 saturated heterocycles. The van der Waals surface area contributed by atoms with Crippen LogP contribution in [0.15, 0.2) is 90.1 Å². The van der Waals surface area contributed by atoms with Gasteiger partial charge in [-0.05, 0) is 42.5 Å². The molecule has 0 fully saturated rings. The van der Waals surface area contributed by atoms with E-state index in [9.17, 15) is 18.0 Å². The zero-order valence-corrected chi connectivity index (χ0v) is 17.0. The summed E-state index contributed by atoms with van der Waals surface area (Å²) in [4.78, 5) is 12.5. The lowest BCUT2D eigenvalue weighted by Crippen LogP contribution is -2.20. The van der Waals surface area contributed by atoms with E-state index in [2.05, 4.69) is 15.5 Å². The van der Waals surface area contributed by atoms with Crippen LogP contribution in [-0.4, -0.2) is 25.8 Å². The molecule has 0 amide bonds. The van der Waals surface area contributed by atoms with Gasteiger partial charge in [0.25, 0.3) is 0 Å². The molecule has 2 aromatic heterocycles. The molecule has 2 aromatic carbocycles. The number of halogens is 3. The number of para-hydroxylation sites is 1. The molecule has 4 aromatic rings. The van der Waals surface area contributed by atoms with E-state index in [1.54, 1.807) is 30.3 Å². The lowest BCUT2D eigenvalue weighted by atomic mass is 10.1. The second kappa shape index (κ2) is 8.95. The topological polar surface area (TPSA) is 88.6 Å². The molecule has 10 heteroatoms. The first-order valence-electron chi connectivity index (χ1n) is 9.71. The van der Waals surface area contributed by atoms with Gasteiger partial charge >= 0.3 is 6.18 Å². The van der Waals surface area contributed by atoms with Crippen molar-refractivity contribution in [1.82, 2.24) is 19.6 Å².